The van der Waals surface area contributed by atoms with Crippen LogP contribution in [0.2, 0.25) is 0 Å². The molecule has 0 bridgehead atoms. The number of aromatic nitrogens is 3. The Morgan fingerprint density at radius 3 is 2.53 bits per heavy atom. The Bertz CT molecular complexity index is 536. The van der Waals surface area contributed by atoms with Gasteiger partial charge >= 0.3 is 0 Å². The van der Waals surface area contributed by atoms with Crippen molar-refractivity contribution in [3.63, 3.8) is 0 Å². The maximum absolute atomic E-state index is 4.20. The number of nitrogens with zero attached hydrogens (tertiary/aromatic N) is 3. The van der Waals surface area contributed by atoms with Crippen molar-refractivity contribution in [3.8, 4) is 0 Å². The van der Waals surface area contributed by atoms with E-state index < -0.39 is 0 Å². The van der Waals surface area contributed by atoms with Gasteiger partial charge in [0, 0.05) is 25.7 Å². The first-order valence-electron chi connectivity index (χ1n) is 6.85. The van der Waals surface area contributed by atoms with Gasteiger partial charge in [0.2, 0.25) is 0 Å². The van der Waals surface area contributed by atoms with Gasteiger partial charge < -0.3 is 5.32 Å². The molecule has 1 unspecified atom stereocenters. The molecule has 1 aromatic carbocycles. The fourth-order valence-electron chi connectivity index (χ4n) is 3.10. The highest BCUT2D eigenvalue weighted by Gasteiger charge is 2.28. The highest BCUT2D eigenvalue weighted by Crippen LogP contribution is 2.29. The van der Waals surface area contributed by atoms with E-state index in [0.29, 0.717) is 12.0 Å². The first kappa shape index (κ1) is 12.4. The van der Waals surface area contributed by atoms with Crippen LogP contribution in [0.5, 0.6) is 0 Å². The summed E-state index contributed by atoms with van der Waals surface area (Å²) in [6.07, 6.45) is 5.29. The van der Waals surface area contributed by atoms with Crippen LogP contribution in [0.1, 0.15) is 16.8 Å². The smallest absolute Gasteiger partial charge is 0.0842 e. The van der Waals surface area contributed by atoms with E-state index in [1.54, 1.807) is 4.68 Å². The van der Waals surface area contributed by atoms with Crippen LogP contribution in [-0.2, 0) is 26.3 Å². The van der Waals surface area contributed by atoms with E-state index >= 15 is 0 Å². The minimum Gasteiger partial charge on any atom is -0.316 e. The Kier molecular flexibility index (Phi) is 3.34. The molecule has 0 amide bonds. The number of fused-ring (bicyclic) bond motifs is 1. The minimum atomic E-state index is 0.462. The Morgan fingerprint density at radius 1 is 1.32 bits per heavy atom. The Morgan fingerprint density at radius 2 is 2.00 bits per heavy atom. The van der Waals surface area contributed by atoms with E-state index in [4.69, 9.17) is 0 Å². The van der Waals surface area contributed by atoms with Crippen LogP contribution in [0.4, 0.5) is 0 Å². The van der Waals surface area contributed by atoms with Crippen LogP contribution >= 0.6 is 0 Å². The lowest BCUT2D eigenvalue weighted by atomic mass is 9.93. The highest BCUT2D eigenvalue weighted by atomic mass is 15.4. The van der Waals surface area contributed by atoms with Crippen molar-refractivity contribution in [1.82, 2.24) is 20.3 Å². The summed E-state index contributed by atoms with van der Waals surface area (Å²) >= 11 is 0. The van der Waals surface area contributed by atoms with Crippen molar-refractivity contribution in [2.45, 2.75) is 25.3 Å². The molecule has 1 N–H and O–H groups in total. The molecule has 100 valence electrons. The number of aryl methyl sites for hydroxylation is 1. The van der Waals surface area contributed by atoms with Crippen LogP contribution in [0, 0.1) is 5.92 Å². The number of hydrogen-bond acceptors (Lipinski definition) is 3. The van der Waals surface area contributed by atoms with Gasteiger partial charge in [-0.3, -0.25) is 4.68 Å². The first-order chi connectivity index (χ1) is 9.26. The van der Waals surface area contributed by atoms with Crippen molar-refractivity contribution >= 4 is 0 Å². The lowest BCUT2D eigenvalue weighted by Gasteiger charge is -2.21. The van der Waals surface area contributed by atoms with Gasteiger partial charge in [-0.2, -0.15) is 0 Å². The summed E-state index contributed by atoms with van der Waals surface area (Å²) in [6.45, 7) is 0. The molecule has 1 heterocycles. The zero-order valence-electron chi connectivity index (χ0n) is 11.5. The van der Waals surface area contributed by atoms with Crippen molar-refractivity contribution in [2.24, 2.45) is 13.0 Å². The average Bonchev–Trinajstić information content (AvgIpc) is 3.01. The number of nitrogens with one attached hydrogen (secondary N) is 1. The summed E-state index contributed by atoms with van der Waals surface area (Å²) in [5.74, 6) is 0.657. The van der Waals surface area contributed by atoms with Gasteiger partial charge in [0.05, 0.1) is 5.69 Å². The molecule has 0 saturated carbocycles. The average molecular weight is 256 g/mol. The quantitative estimate of drug-likeness (QED) is 0.898. The number of rotatable bonds is 4. The molecule has 0 saturated heterocycles. The monoisotopic (exact) mass is 256 g/mol. The first-order valence-corrected chi connectivity index (χ1v) is 6.85. The summed E-state index contributed by atoms with van der Waals surface area (Å²) in [4.78, 5) is 0. The number of hydrogen-bond donors (Lipinski definition) is 1. The van der Waals surface area contributed by atoms with Gasteiger partial charge in [-0.15, -0.1) is 5.10 Å². The van der Waals surface area contributed by atoms with Gasteiger partial charge in [-0.25, -0.2) is 0 Å². The topological polar surface area (TPSA) is 42.7 Å². The third-order valence-corrected chi connectivity index (χ3v) is 4.10. The van der Waals surface area contributed by atoms with Gasteiger partial charge in [0.25, 0.3) is 0 Å². The second-order valence-electron chi connectivity index (χ2n) is 5.42. The van der Waals surface area contributed by atoms with Crippen LogP contribution in [0.3, 0.4) is 0 Å². The molecular formula is C15H20N4. The predicted octanol–water partition coefficient (Wildman–Crippen LogP) is 1.36. The molecule has 0 aliphatic heterocycles. The predicted molar refractivity (Wildman–Crippen MR) is 74.9 cm³/mol. The molecule has 4 nitrogen and oxygen atoms in total. The van der Waals surface area contributed by atoms with Crippen molar-refractivity contribution in [3.05, 3.63) is 47.3 Å². The molecule has 0 radical (unpaired) electrons. The van der Waals surface area contributed by atoms with Gasteiger partial charge in [0.1, 0.15) is 0 Å². The molecule has 1 aromatic heterocycles. The lowest BCUT2D eigenvalue weighted by molar-refractivity contribution is 0.380. The second kappa shape index (κ2) is 5.13. The van der Waals surface area contributed by atoms with Gasteiger partial charge in [0.15, 0.2) is 0 Å². The van der Waals surface area contributed by atoms with E-state index in [9.17, 15) is 0 Å². The van der Waals surface area contributed by atoms with Crippen LogP contribution in [0.15, 0.2) is 30.5 Å². The highest BCUT2D eigenvalue weighted by molar-refractivity contribution is 5.32. The zero-order valence-corrected chi connectivity index (χ0v) is 11.5. The maximum atomic E-state index is 4.20. The Hall–Kier alpha value is -1.68. The molecule has 2 aromatic rings. The second-order valence-corrected chi connectivity index (χ2v) is 5.42. The van der Waals surface area contributed by atoms with E-state index in [1.165, 1.54) is 24.0 Å². The minimum absolute atomic E-state index is 0.462. The fraction of sp³-hybridized carbons (Fsp3) is 0.467. The Labute approximate surface area is 113 Å². The van der Waals surface area contributed by atoms with E-state index in [1.807, 2.05) is 20.3 Å². The van der Waals surface area contributed by atoms with Crippen molar-refractivity contribution in [2.75, 3.05) is 7.05 Å². The SMILES string of the molecule is CNC(Cc1cn(C)nn1)C1Cc2ccccc2C1. The maximum Gasteiger partial charge on any atom is 0.0842 e. The largest absolute Gasteiger partial charge is 0.316 e. The molecular weight excluding hydrogens is 236 g/mol. The normalized spacial score (nSPS) is 16.5. The van der Waals surface area contributed by atoms with E-state index in [-0.39, 0.29) is 0 Å². The third kappa shape index (κ3) is 2.54. The molecule has 1 atom stereocenters. The lowest BCUT2D eigenvalue weighted by Crippen LogP contribution is -2.36. The summed E-state index contributed by atoms with van der Waals surface area (Å²) in [5, 5.41) is 11.7. The molecule has 3 rings (SSSR count). The van der Waals surface area contributed by atoms with Gasteiger partial charge in [-0.05, 0) is 36.9 Å². The Balaban J connectivity index is 1.71. The summed E-state index contributed by atoms with van der Waals surface area (Å²) in [5.41, 5.74) is 4.08. The van der Waals surface area contributed by atoms with Crippen LogP contribution < -0.4 is 5.32 Å². The summed E-state index contributed by atoms with van der Waals surface area (Å²) in [7, 11) is 3.96. The number of likely N-dealkylation sites (N-methyl/N-ethyl adjacent to an activating group) is 1. The molecule has 1 aliphatic rings. The molecule has 0 fully saturated rings. The molecule has 1 aliphatic carbocycles. The standard InChI is InChI=1S/C15H20N4/c1-16-15(9-14-10-19(2)18-17-14)13-7-11-5-3-4-6-12(11)8-13/h3-6,10,13,15-16H,7-9H2,1-2H3. The van der Waals surface area contributed by atoms with Crippen molar-refractivity contribution < 1.29 is 0 Å². The van der Waals surface area contributed by atoms with Gasteiger partial charge in [-0.1, -0.05) is 29.5 Å². The molecule has 19 heavy (non-hydrogen) atoms. The summed E-state index contributed by atoms with van der Waals surface area (Å²) in [6, 6.07) is 9.25. The van der Waals surface area contributed by atoms with E-state index in [2.05, 4.69) is 39.9 Å². The number of benzene rings is 1. The molecule has 4 heteroatoms. The van der Waals surface area contributed by atoms with E-state index in [0.717, 1.165) is 12.1 Å². The van der Waals surface area contributed by atoms with Crippen molar-refractivity contribution in [1.29, 1.82) is 0 Å². The van der Waals surface area contributed by atoms with Crippen LogP contribution in [-0.4, -0.2) is 28.1 Å². The third-order valence-electron chi connectivity index (χ3n) is 4.10. The van der Waals surface area contributed by atoms with Crippen LogP contribution in [0.25, 0.3) is 0 Å². The zero-order chi connectivity index (χ0) is 13.2. The summed E-state index contributed by atoms with van der Waals surface area (Å²) < 4.78 is 1.77. The molecule has 0 spiro atoms. The fourth-order valence-corrected chi connectivity index (χ4v) is 3.10.